The van der Waals surface area contributed by atoms with Crippen LogP contribution in [0.15, 0.2) is 12.1 Å². The van der Waals surface area contributed by atoms with E-state index in [1.807, 2.05) is 20.8 Å². The van der Waals surface area contributed by atoms with Gasteiger partial charge in [0.15, 0.2) is 0 Å². The summed E-state index contributed by atoms with van der Waals surface area (Å²) >= 11 is 0. The standard InChI is InChI=1S/C23H39O2P/c1-15(2)18-13-19(16(3)4)22(20(14-18)17(5)6)26(10)12-11-21(24)25-23(7,8)9/h13-17H,11-12H2,1-10H3. The lowest BCUT2D eigenvalue weighted by Gasteiger charge is -2.27. The molecule has 0 bridgehead atoms. The SMILES string of the molecule is CC(C)c1cc(C(C)C)c(P(C)CCC(=O)OC(C)(C)C)c(C(C)C)c1. The van der Waals surface area contributed by atoms with E-state index in [0.717, 1.165) is 6.16 Å². The number of benzene rings is 1. The quantitative estimate of drug-likeness (QED) is 0.398. The summed E-state index contributed by atoms with van der Waals surface area (Å²) in [6.07, 6.45) is 1.39. The smallest absolute Gasteiger partial charge is 0.306 e. The third-order valence-corrected chi connectivity index (χ3v) is 6.73. The zero-order valence-corrected chi connectivity index (χ0v) is 19.5. The van der Waals surface area contributed by atoms with E-state index in [1.54, 1.807) is 0 Å². The van der Waals surface area contributed by atoms with Crippen molar-refractivity contribution in [3.63, 3.8) is 0 Å². The van der Waals surface area contributed by atoms with Crippen molar-refractivity contribution in [2.75, 3.05) is 12.8 Å². The Kier molecular flexibility index (Phi) is 8.33. The molecule has 0 heterocycles. The molecule has 1 aromatic carbocycles. The first-order valence-corrected chi connectivity index (χ1v) is 11.9. The molecule has 1 atom stereocenters. The lowest BCUT2D eigenvalue weighted by atomic mass is 9.89. The Morgan fingerprint density at radius 2 is 1.42 bits per heavy atom. The molecule has 2 nitrogen and oxygen atoms in total. The molecular formula is C23H39O2P. The molecule has 0 aliphatic carbocycles. The second-order valence-corrected chi connectivity index (χ2v) is 11.6. The molecule has 0 fully saturated rings. The average Bonchev–Trinajstić information content (AvgIpc) is 2.49. The molecule has 0 aliphatic rings. The Morgan fingerprint density at radius 1 is 0.962 bits per heavy atom. The number of hydrogen-bond acceptors (Lipinski definition) is 2. The van der Waals surface area contributed by atoms with E-state index in [-0.39, 0.29) is 13.9 Å². The van der Waals surface area contributed by atoms with Crippen molar-refractivity contribution in [2.24, 2.45) is 0 Å². The van der Waals surface area contributed by atoms with Gasteiger partial charge in [-0.3, -0.25) is 4.79 Å². The number of carbonyl (C=O) groups is 1. The molecule has 26 heavy (non-hydrogen) atoms. The van der Waals surface area contributed by atoms with Crippen LogP contribution in [0.4, 0.5) is 0 Å². The molecular weight excluding hydrogens is 339 g/mol. The Bertz CT molecular complexity index is 580. The number of esters is 1. The van der Waals surface area contributed by atoms with Gasteiger partial charge in [0.2, 0.25) is 0 Å². The molecule has 1 unspecified atom stereocenters. The van der Waals surface area contributed by atoms with Gasteiger partial charge in [-0.2, -0.15) is 0 Å². The van der Waals surface area contributed by atoms with Gasteiger partial charge in [0.25, 0.3) is 0 Å². The van der Waals surface area contributed by atoms with Crippen molar-refractivity contribution in [2.45, 2.75) is 92.1 Å². The average molecular weight is 379 g/mol. The Morgan fingerprint density at radius 3 is 1.77 bits per heavy atom. The van der Waals surface area contributed by atoms with Crippen LogP contribution in [0, 0.1) is 0 Å². The van der Waals surface area contributed by atoms with Gasteiger partial charge < -0.3 is 4.74 Å². The van der Waals surface area contributed by atoms with Crippen LogP contribution < -0.4 is 5.30 Å². The minimum atomic E-state index is -0.404. The van der Waals surface area contributed by atoms with Crippen LogP contribution in [-0.2, 0) is 9.53 Å². The summed E-state index contributed by atoms with van der Waals surface area (Å²) in [6.45, 7) is 21.8. The van der Waals surface area contributed by atoms with Crippen molar-refractivity contribution < 1.29 is 9.53 Å². The monoisotopic (exact) mass is 378 g/mol. The fourth-order valence-corrected chi connectivity index (χ4v) is 5.39. The van der Waals surface area contributed by atoms with Gasteiger partial charge in [-0.05, 0) is 73.3 Å². The second-order valence-electron chi connectivity index (χ2n) is 9.27. The summed E-state index contributed by atoms with van der Waals surface area (Å²) in [5.41, 5.74) is 3.96. The first-order valence-electron chi connectivity index (χ1n) is 9.94. The van der Waals surface area contributed by atoms with Crippen LogP contribution in [0.1, 0.15) is 103 Å². The van der Waals surface area contributed by atoms with E-state index < -0.39 is 5.60 Å². The van der Waals surface area contributed by atoms with Crippen LogP contribution in [0.25, 0.3) is 0 Å². The maximum Gasteiger partial charge on any atom is 0.306 e. The molecule has 0 aromatic heterocycles. The summed E-state index contributed by atoms with van der Waals surface area (Å²) in [5.74, 6) is 1.44. The van der Waals surface area contributed by atoms with E-state index in [4.69, 9.17) is 4.74 Å². The Balaban J connectivity index is 3.17. The van der Waals surface area contributed by atoms with Gasteiger partial charge in [0.05, 0.1) is 0 Å². The molecule has 0 N–H and O–H groups in total. The first kappa shape index (κ1) is 23.2. The predicted octanol–water partition coefficient (Wildman–Crippen LogP) is 6.53. The van der Waals surface area contributed by atoms with Crippen molar-refractivity contribution in [3.8, 4) is 0 Å². The normalized spacial score (nSPS) is 13.6. The van der Waals surface area contributed by atoms with Gasteiger partial charge in [-0.15, -0.1) is 0 Å². The highest BCUT2D eigenvalue weighted by Gasteiger charge is 2.23. The molecule has 0 amide bonds. The predicted molar refractivity (Wildman–Crippen MR) is 117 cm³/mol. The summed E-state index contributed by atoms with van der Waals surface area (Å²) in [7, 11) is -0.389. The van der Waals surface area contributed by atoms with E-state index in [1.165, 1.54) is 22.0 Å². The Labute approximate surface area is 162 Å². The third-order valence-electron chi connectivity index (χ3n) is 4.55. The van der Waals surface area contributed by atoms with Gasteiger partial charge in [-0.1, -0.05) is 61.6 Å². The second kappa shape index (κ2) is 9.36. The van der Waals surface area contributed by atoms with Crippen molar-refractivity contribution in [3.05, 3.63) is 28.8 Å². The molecule has 3 heteroatoms. The molecule has 148 valence electrons. The van der Waals surface area contributed by atoms with Crippen LogP contribution >= 0.6 is 7.92 Å². The number of hydrogen-bond donors (Lipinski definition) is 0. The highest BCUT2D eigenvalue weighted by Crippen LogP contribution is 2.39. The maximum absolute atomic E-state index is 12.2. The molecule has 0 saturated heterocycles. The summed E-state index contributed by atoms with van der Waals surface area (Å²) in [5, 5.41) is 1.51. The Hall–Kier alpha value is -0.880. The number of ether oxygens (including phenoxy) is 1. The zero-order chi connectivity index (χ0) is 20.2. The lowest BCUT2D eigenvalue weighted by Crippen LogP contribution is -2.25. The summed E-state index contributed by atoms with van der Waals surface area (Å²) < 4.78 is 5.50. The van der Waals surface area contributed by atoms with Gasteiger partial charge in [0.1, 0.15) is 5.60 Å². The van der Waals surface area contributed by atoms with Crippen LogP contribution in [0.3, 0.4) is 0 Å². The first-order chi connectivity index (χ1) is 11.8. The van der Waals surface area contributed by atoms with E-state index in [0.29, 0.717) is 24.2 Å². The minimum Gasteiger partial charge on any atom is -0.460 e. The fraction of sp³-hybridized carbons (Fsp3) is 0.696. The van der Waals surface area contributed by atoms with Crippen molar-refractivity contribution in [1.82, 2.24) is 0 Å². The van der Waals surface area contributed by atoms with E-state index in [2.05, 4.69) is 60.3 Å². The largest absolute Gasteiger partial charge is 0.460 e. The van der Waals surface area contributed by atoms with Crippen LogP contribution in [0.5, 0.6) is 0 Å². The molecule has 0 aliphatic heterocycles. The van der Waals surface area contributed by atoms with Crippen molar-refractivity contribution >= 4 is 19.2 Å². The van der Waals surface area contributed by atoms with Gasteiger partial charge in [0, 0.05) is 6.42 Å². The van der Waals surface area contributed by atoms with Crippen LogP contribution in [-0.4, -0.2) is 24.4 Å². The minimum absolute atomic E-state index is 0.0807. The zero-order valence-electron chi connectivity index (χ0n) is 18.6. The topological polar surface area (TPSA) is 26.3 Å². The van der Waals surface area contributed by atoms with Gasteiger partial charge in [-0.25, -0.2) is 0 Å². The van der Waals surface area contributed by atoms with E-state index >= 15 is 0 Å². The van der Waals surface area contributed by atoms with Gasteiger partial charge >= 0.3 is 5.97 Å². The highest BCUT2D eigenvalue weighted by molar-refractivity contribution is 7.65. The molecule has 0 spiro atoms. The third kappa shape index (κ3) is 6.69. The van der Waals surface area contributed by atoms with Crippen molar-refractivity contribution in [1.29, 1.82) is 0 Å². The number of rotatable bonds is 7. The molecule has 0 radical (unpaired) electrons. The molecule has 0 saturated carbocycles. The molecule has 1 rings (SSSR count). The summed E-state index contributed by atoms with van der Waals surface area (Å²) in [4.78, 5) is 12.2. The maximum atomic E-state index is 12.2. The van der Waals surface area contributed by atoms with Crippen LogP contribution in [0.2, 0.25) is 0 Å². The molecule has 1 aromatic rings. The fourth-order valence-electron chi connectivity index (χ4n) is 3.12. The van der Waals surface area contributed by atoms with E-state index in [9.17, 15) is 4.79 Å². The lowest BCUT2D eigenvalue weighted by molar-refractivity contribution is -0.154. The highest BCUT2D eigenvalue weighted by atomic mass is 31.1. The summed E-state index contributed by atoms with van der Waals surface area (Å²) in [6, 6.07) is 4.81. The number of carbonyl (C=O) groups excluding carboxylic acids is 1.